The Bertz CT molecular complexity index is 916. The van der Waals surface area contributed by atoms with Crippen molar-refractivity contribution in [1.82, 2.24) is 19.7 Å². The van der Waals surface area contributed by atoms with Gasteiger partial charge in [0.2, 0.25) is 0 Å². The van der Waals surface area contributed by atoms with Crippen molar-refractivity contribution in [1.29, 1.82) is 0 Å². The molecule has 128 valence electrons. The molecule has 2 aromatic heterocycles. The standard InChI is InChI=1S/C17H18N6O2/c18-11-17(6-3-7-25-17)16(24)21-12-8-20-23(10-12)15-9-19-13-4-1-2-5-14(13)22-15/h1-2,4-5,8-10H,3,6-7,11,18H2,(H,21,24). The van der Waals surface area contributed by atoms with Gasteiger partial charge in [-0.15, -0.1) is 0 Å². The van der Waals surface area contributed by atoms with Gasteiger partial charge in [-0.2, -0.15) is 5.10 Å². The SMILES string of the molecule is NCC1(C(=O)Nc2cnn(-c3cnc4ccccc4n3)c2)CCCO1. The van der Waals surface area contributed by atoms with Crippen LogP contribution in [0.15, 0.2) is 42.9 Å². The Hall–Kier alpha value is -2.84. The highest BCUT2D eigenvalue weighted by Gasteiger charge is 2.41. The van der Waals surface area contributed by atoms with Gasteiger partial charge in [-0.25, -0.2) is 9.67 Å². The zero-order valence-corrected chi connectivity index (χ0v) is 13.6. The maximum Gasteiger partial charge on any atom is 0.258 e. The van der Waals surface area contributed by atoms with E-state index in [9.17, 15) is 4.79 Å². The second-order valence-corrected chi connectivity index (χ2v) is 6.00. The highest BCUT2D eigenvalue weighted by atomic mass is 16.5. The third-order valence-corrected chi connectivity index (χ3v) is 4.36. The smallest absolute Gasteiger partial charge is 0.258 e. The molecule has 3 aromatic rings. The average molecular weight is 338 g/mol. The molecule has 25 heavy (non-hydrogen) atoms. The minimum Gasteiger partial charge on any atom is -0.364 e. The Kier molecular flexibility index (Phi) is 3.90. The number of benzene rings is 1. The Morgan fingerprint density at radius 3 is 2.92 bits per heavy atom. The lowest BCUT2D eigenvalue weighted by atomic mass is 9.99. The van der Waals surface area contributed by atoms with Crippen LogP contribution in [0, 0.1) is 0 Å². The summed E-state index contributed by atoms with van der Waals surface area (Å²) in [7, 11) is 0. The Morgan fingerprint density at radius 2 is 2.16 bits per heavy atom. The summed E-state index contributed by atoms with van der Waals surface area (Å²) < 4.78 is 7.15. The number of hydrogen-bond donors (Lipinski definition) is 2. The van der Waals surface area contributed by atoms with E-state index in [-0.39, 0.29) is 12.5 Å². The number of nitrogens with zero attached hydrogens (tertiary/aromatic N) is 4. The van der Waals surface area contributed by atoms with E-state index < -0.39 is 5.60 Å². The van der Waals surface area contributed by atoms with E-state index in [1.807, 2.05) is 24.3 Å². The van der Waals surface area contributed by atoms with Crippen LogP contribution < -0.4 is 11.1 Å². The molecule has 1 fully saturated rings. The number of nitrogens with one attached hydrogen (secondary N) is 1. The average Bonchev–Trinajstić information content (AvgIpc) is 3.31. The van der Waals surface area contributed by atoms with Crippen LogP contribution >= 0.6 is 0 Å². The van der Waals surface area contributed by atoms with Crippen molar-refractivity contribution in [2.75, 3.05) is 18.5 Å². The molecule has 3 heterocycles. The van der Waals surface area contributed by atoms with E-state index in [1.54, 1.807) is 23.3 Å². The van der Waals surface area contributed by atoms with Crippen molar-refractivity contribution >= 4 is 22.6 Å². The monoisotopic (exact) mass is 338 g/mol. The van der Waals surface area contributed by atoms with Gasteiger partial charge in [-0.3, -0.25) is 9.78 Å². The van der Waals surface area contributed by atoms with Gasteiger partial charge in [-0.05, 0) is 25.0 Å². The Labute approximate surface area is 144 Å². The van der Waals surface area contributed by atoms with Crippen LogP contribution in [0.3, 0.4) is 0 Å². The van der Waals surface area contributed by atoms with Crippen molar-refractivity contribution in [2.45, 2.75) is 18.4 Å². The van der Waals surface area contributed by atoms with Gasteiger partial charge in [-0.1, -0.05) is 12.1 Å². The number of para-hydroxylation sites is 2. The molecule has 3 N–H and O–H groups in total. The molecule has 0 saturated carbocycles. The summed E-state index contributed by atoms with van der Waals surface area (Å²) in [6.07, 6.45) is 6.35. The lowest BCUT2D eigenvalue weighted by molar-refractivity contribution is -0.134. The van der Waals surface area contributed by atoms with E-state index in [4.69, 9.17) is 10.5 Å². The van der Waals surface area contributed by atoms with Gasteiger partial charge in [0, 0.05) is 13.2 Å². The molecular formula is C17H18N6O2. The molecule has 0 bridgehead atoms. The van der Waals surface area contributed by atoms with Crippen LogP contribution in [0.25, 0.3) is 16.9 Å². The van der Waals surface area contributed by atoms with Crippen molar-refractivity contribution < 1.29 is 9.53 Å². The molecule has 4 rings (SSSR count). The molecule has 8 nitrogen and oxygen atoms in total. The first-order valence-electron chi connectivity index (χ1n) is 8.12. The molecule has 0 aliphatic carbocycles. The van der Waals surface area contributed by atoms with Crippen molar-refractivity contribution in [3.63, 3.8) is 0 Å². The van der Waals surface area contributed by atoms with E-state index in [0.717, 1.165) is 17.5 Å². The quantitative estimate of drug-likeness (QED) is 0.741. The van der Waals surface area contributed by atoms with Gasteiger partial charge >= 0.3 is 0 Å². The zero-order chi connectivity index (χ0) is 17.3. The molecule has 1 aromatic carbocycles. The molecule has 1 unspecified atom stereocenters. The largest absolute Gasteiger partial charge is 0.364 e. The fourth-order valence-corrected chi connectivity index (χ4v) is 2.95. The minimum atomic E-state index is -0.940. The third-order valence-electron chi connectivity index (χ3n) is 4.36. The van der Waals surface area contributed by atoms with Crippen LogP contribution in [0.2, 0.25) is 0 Å². The molecule has 1 aliphatic rings. The maximum atomic E-state index is 12.5. The van der Waals surface area contributed by atoms with Gasteiger partial charge in [0.25, 0.3) is 5.91 Å². The van der Waals surface area contributed by atoms with Crippen LogP contribution in [-0.2, 0) is 9.53 Å². The summed E-state index contributed by atoms with van der Waals surface area (Å²) in [6.45, 7) is 0.708. The lowest BCUT2D eigenvalue weighted by Gasteiger charge is -2.24. The van der Waals surface area contributed by atoms with E-state index in [0.29, 0.717) is 24.5 Å². The third kappa shape index (κ3) is 2.86. The number of amides is 1. The summed E-state index contributed by atoms with van der Waals surface area (Å²) >= 11 is 0. The number of carbonyl (C=O) groups excluding carboxylic acids is 1. The molecule has 0 spiro atoms. The molecule has 0 radical (unpaired) electrons. The summed E-state index contributed by atoms with van der Waals surface area (Å²) in [4.78, 5) is 21.4. The molecule has 1 saturated heterocycles. The first-order chi connectivity index (χ1) is 12.2. The number of ether oxygens (including phenoxy) is 1. The lowest BCUT2D eigenvalue weighted by Crippen LogP contribution is -2.48. The minimum absolute atomic E-state index is 0.156. The highest BCUT2D eigenvalue weighted by molar-refractivity contribution is 5.97. The predicted molar refractivity (Wildman–Crippen MR) is 92.3 cm³/mol. The summed E-state index contributed by atoms with van der Waals surface area (Å²) in [6, 6.07) is 7.61. The molecule has 1 aliphatic heterocycles. The number of anilines is 1. The number of hydrogen-bond acceptors (Lipinski definition) is 6. The number of fused-ring (bicyclic) bond motifs is 1. The van der Waals surface area contributed by atoms with Crippen molar-refractivity contribution in [3.8, 4) is 5.82 Å². The van der Waals surface area contributed by atoms with E-state index in [1.165, 1.54) is 0 Å². The zero-order valence-electron chi connectivity index (χ0n) is 13.6. The van der Waals surface area contributed by atoms with Crippen LogP contribution in [0.5, 0.6) is 0 Å². The molecular weight excluding hydrogens is 320 g/mol. The summed E-state index contributed by atoms with van der Waals surface area (Å²) in [5.74, 6) is 0.335. The first kappa shape index (κ1) is 15.7. The second-order valence-electron chi connectivity index (χ2n) is 6.00. The van der Waals surface area contributed by atoms with Gasteiger partial charge in [0.1, 0.15) is 0 Å². The number of rotatable bonds is 4. The van der Waals surface area contributed by atoms with Gasteiger partial charge in [0.15, 0.2) is 11.4 Å². The van der Waals surface area contributed by atoms with Crippen molar-refractivity contribution in [2.24, 2.45) is 5.73 Å². The fourth-order valence-electron chi connectivity index (χ4n) is 2.95. The second kappa shape index (κ2) is 6.23. The first-order valence-corrected chi connectivity index (χ1v) is 8.12. The predicted octanol–water partition coefficient (Wildman–Crippen LogP) is 1.26. The topological polar surface area (TPSA) is 108 Å². The molecule has 8 heteroatoms. The maximum absolute atomic E-state index is 12.5. The number of aromatic nitrogens is 4. The van der Waals surface area contributed by atoms with Crippen LogP contribution in [-0.4, -0.2) is 44.4 Å². The van der Waals surface area contributed by atoms with Crippen molar-refractivity contribution in [3.05, 3.63) is 42.9 Å². The summed E-state index contributed by atoms with van der Waals surface area (Å²) in [5, 5.41) is 7.08. The molecule has 1 amide bonds. The van der Waals surface area contributed by atoms with Crippen LogP contribution in [0.1, 0.15) is 12.8 Å². The Balaban J connectivity index is 1.56. The van der Waals surface area contributed by atoms with Crippen LogP contribution in [0.4, 0.5) is 5.69 Å². The van der Waals surface area contributed by atoms with E-state index >= 15 is 0 Å². The molecule has 1 atom stereocenters. The summed E-state index contributed by atoms with van der Waals surface area (Å²) in [5.41, 5.74) is 6.96. The Morgan fingerprint density at radius 1 is 1.32 bits per heavy atom. The highest BCUT2D eigenvalue weighted by Crippen LogP contribution is 2.26. The number of nitrogens with two attached hydrogens (primary N) is 1. The van der Waals surface area contributed by atoms with Gasteiger partial charge < -0.3 is 15.8 Å². The van der Waals surface area contributed by atoms with E-state index in [2.05, 4.69) is 20.4 Å². The number of carbonyl (C=O) groups is 1. The fraction of sp³-hybridized carbons (Fsp3) is 0.294. The van der Waals surface area contributed by atoms with Gasteiger partial charge in [0.05, 0.1) is 35.3 Å². The normalized spacial score (nSPS) is 20.0.